The second-order valence-electron chi connectivity index (χ2n) is 6.84. The van der Waals surface area contributed by atoms with E-state index in [1.54, 1.807) is 18.2 Å². The van der Waals surface area contributed by atoms with Crippen molar-refractivity contribution in [2.24, 2.45) is 10.2 Å². The van der Waals surface area contributed by atoms with Crippen LogP contribution in [0.15, 0.2) is 75.3 Å². The van der Waals surface area contributed by atoms with Gasteiger partial charge in [-0.1, -0.05) is 70.2 Å². The van der Waals surface area contributed by atoms with Crippen molar-refractivity contribution in [1.82, 2.24) is 4.90 Å². The summed E-state index contributed by atoms with van der Waals surface area (Å²) in [6, 6.07) is 20.0. The zero-order chi connectivity index (χ0) is 21.1. The van der Waals surface area contributed by atoms with E-state index in [4.69, 9.17) is 4.74 Å². The molecule has 1 amide bonds. The Balaban J connectivity index is 1.62. The highest BCUT2D eigenvalue weighted by atomic mass is 79.9. The van der Waals surface area contributed by atoms with Gasteiger partial charge in [0.2, 0.25) is 5.91 Å². The minimum atomic E-state index is -0.186. The number of halogens is 1. The monoisotopic (exact) mass is 481 g/mol. The smallest absolute Gasteiger partial charge is 0.242 e. The lowest BCUT2D eigenvalue weighted by molar-refractivity contribution is -0.126. The third-order valence-corrected chi connectivity index (χ3v) is 6.43. The Kier molecular flexibility index (Phi) is 6.20. The molecule has 7 heteroatoms. The lowest BCUT2D eigenvalue weighted by atomic mass is 10.0. The number of ether oxygens (including phenoxy) is 1. The summed E-state index contributed by atoms with van der Waals surface area (Å²) in [6.07, 6.45) is 1.64. The van der Waals surface area contributed by atoms with Crippen LogP contribution >= 0.6 is 27.7 Å². The number of hydrogen-bond acceptors (Lipinski definition) is 5. The summed E-state index contributed by atoms with van der Waals surface area (Å²) in [5.74, 6) is 0.750. The Labute approximate surface area is 188 Å². The van der Waals surface area contributed by atoms with Crippen LogP contribution in [0.1, 0.15) is 18.1 Å². The average Bonchev–Trinajstić information content (AvgIpc) is 3.02. The van der Waals surface area contributed by atoms with E-state index in [1.165, 1.54) is 11.8 Å². The standard InChI is InChI=1S/C23H20BrN3O2S/c1-15-22(28)27(14-17-8-5-7-16-6-3-4-9-20(16)17)23(30-15)26-25-13-18-12-19(24)10-11-21(18)29-2/h3-13,15H,14H2,1-2H3. The number of carbonyl (C=O) groups excluding carboxylic acids is 1. The second kappa shape index (κ2) is 9.02. The van der Waals surface area contributed by atoms with Gasteiger partial charge in [-0.25, -0.2) is 0 Å². The van der Waals surface area contributed by atoms with Gasteiger partial charge >= 0.3 is 0 Å². The zero-order valence-corrected chi connectivity index (χ0v) is 19.0. The molecule has 1 heterocycles. The van der Waals surface area contributed by atoms with E-state index >= 15 is 0 Å². The van der Waals surface area contributed by atoms with Crippen LogP contribution in [0.5, 0.6) is 5.75 Å². The van der Waals surface area contributed by atoms with Gasteiger partial charge in [0.25, 0.3) is 0 Å². The van der Waals surface area contributed by atoms with E-state index in [2.05, 4.69) is 50.4 Å². The zero-order valence-electron chi connectivity index (χ0n) is 16.6. The van der Waals surface area contributed by atoms with Gasteiger partial charge in [-0.15, -0.1) is 5.10 Å². The van der Waals surface area contributed by atoms with E-state index in [0.717, 1.165) is 26.4 Å². The van der Waals surface area contributed by atoms with Crippen LogP contribution in [0, 0.1) is 0 Å². The number of thioether (sulfide) groups is 1. The topological polar surface area (TPSA) is 54.3 Å². The molecule has 0 aliphatic carbocycles. The van der Waals surface area contributed by atoms with Crippen LogP contribution in [-0.4, -0.2) is 34.5 Å². The molecule has 5 nitrogen and oxygen atoms in total. The first-order chi connectivity index (χ1) is 14.6. The van der Waals surface area contributed by atoms with Crippen molar-refractivity contribution in [3.63, 3.8) is 0 Å². The highest BCUT2D eigenvalue weighted by molar-refractivity contribution is 9.10. The van der Waals surface area contributed by atoms with Crippen LogP contribution < -0.4 is 4.74 Å². The van der Waals surface area contributed by atoms with Crippen LogP contribution in [-0.2, 0) is 11.3 Å². The molecule has 1 atom stereocenters. The molecule has 152 valence electrons. The first-order valence-corrected chi connectivity index (χ1v) is 11.1. The molecular weight excluding hydrogens is 462 g/mol. The summed E-state index contributed by atoms with van der Waals surface area (Å²) in [4.78, 5) is 14.5. The van der Waals surface area contributed by atoms with Gasteiger partial charge in [-0.2, -0.15) is 5.10 Å². The molecule has 1 saturated heterocycles. The Hall–Kier alpha value is -2.64. The molecule has 0 spiro atoms. The number of amides is 1. The number of methoxy groups -OCH3 is 1. The second-order valence-corrected chi connectivity index (χ2v) is 9.06. The van der Waals surface area contributed by atoms with Crippen LogP contribution in [0.3, 0.4) is 0 Å². The van der Waals surface area contributed by atoms with E-state index in [0.29, 0.717) is 17.5 Å². The number of rotatable bonds is 5. The number of benzene rings is 3. The SMILES string of the molecule is COc1ccc(Br)cc1C=NN=C1SC(C)C(=O)N1Cc1cccc2ccccc12. The fourth-order valence-electron chi connectivity index (χ4n) is 3.36. The molecule has 1 unspecified atom stereocenters. The van der Waals surface area contributed by atoms with E-state index in [1.807, 2.05) is 43.3 Å². The van der Waals surface area contributed by atoms with Crippen molar-refractivity contribution in [2.45, 2.75) is 18.7 Å². The fourth-order valence-corrected chi connectivity index (χ4v) is 4.66. The Morgan fingerprint density at radius 3 is 2.80 bits per heavy atom. The average molecular weight is 482 g/mol. The third kappa shape index (κ3) is 4.27. The van der Waals surface area contributed by atoms with Crippen molar-refractivity contribution < 1.29 is 9.53 Å². The van der Waals surface area contributed by atoms with Crippen molar-refractivity contribution in [3.8, 4) is 5.75 Å². The largest absolute Gasteiger partial charge is 0.496 e. The maximum Gasteiger partial charge on any atom is 0.242 e. The first kappa shape index (κ1) is 20.6. The van der Waals surface area contributed by atoms with Crippen molar-refractivity contribution >= 4 is 55.8 Å². The Morgan fingerprint density at radius 2 is 1.97 bits per heavy atom. The molecule has 3 aromatic carbocycles. The summed E-state index contributed by atoms with van der Waals surface area (Å²) in [5.41, 5.74) is 1.89. The number of carbonyl (C=O) groups is 1. The fraction of sp³-hybridized carbons (Fsp3) is 0.174. The molecule has 4 rings (SSSR count). The molecule has 1 aliphatic heterocycles. The quantitative estimate of drug-likeness (QED) is 0.358. The summed E-state index contributed by atoms with van der Waals surface area (Å²) < 4.78 is 6.29. The maximum atomic E-state index is 12.8. The molecule has 0 radical (unpaired) electrons. The summed E-state index contributed by atoms with van der Waals surface area (Å²) in [6.45, 7) is 2.36. The lowest BCUT2D eigenvalue weighted by Crippen LogP contribution is -2.30. The van der Waals surface area contributed by atoms with E-state index in [-0.39, 0.29) is 11.2 Å². The van der Waals surface area contributed by atoms with E-state index in [9.17, 15) is 4.79 Å². The number of hydrogen-bond donors (Lipinski definition) is 0. The van der Waals surface area contributed by atoms with Crippen LogP contribution in [0.25, 0.3) is 10.8 Å². The van der Waals surface area contributed by atoms with Crippen molar-refractivity contribution in [2.75, 3.05) is 7.11 Å². The number of nitrogens with zero attached hydrogens (tertiary/aromatic N) is 3. The summed E-state index contributed by atoms with van der Waals surface area (Å²) in [7, 11) is 1.62. The molecular formula is C23H20BrN3O2S. The molecule has 1 fully saturated rings. The normalized spacial score (nSPS) is 18.1. The predicted molar refractivity (Wildman–Crippen MR) is 127 cm³/mol. The van der Waals surface area contributed by atoms with Gasteiger partial charge in [-0.3, -0.25) is 9.69 Å². The van der Waals surface area contributed by atoms with Crippen LogP contribution in [0.4, 0.5) is 0 Å². The first-order valence-electron chi connectivity index (χ1n) is 9.46. The van der Waals surface area contributed by atoms with E-state index < -0.39 is 0 Å². The van der Waals surface area contributed by atoms with Gasteiger partial charge in [0, 0.05) is 10.0 Å². The third-order valence-electron chi connectivity index (χ3n) is 4.87. The molecule has 3 aromatic rings. The molecule has 30 heavy (non-hydrogen) atoms. The number of amidine groups is 1. The molecule has 0 bridgehead atoms. The van der Waals surface area contributed by atoms with Gasteiger partial charge < -0.3 is 4.74 Å². The predicted octanol–water partition coefficient (Wildman–Crippen LogP) is 5.46. The Morgan fingerprint density at radius 1 is 1.17 bits per heavy atom. The summed E-state index contributed by atoms with van der Waals surface area (Å²) in [5, 5.41) is 11.3. The molecule has 0 N–H and O–H groups in total. The molecule has 0 saturated carbocycles. The lowest BCUT2D eigenvalue weighted by Gasteiger charge is -2.17. The van der Waals surface area contributed by atoms with Crippen molar-refractivity contribution in [3.05, 3.63) is 76.3 Å². The molecule has 1 aliphatic rings. The van der Waals surface area contributed by atoms with Gasteiger partial charge in [-0.05, 0) is 41.5 Å². The minimum absolute atomic E-state index is 0.0434. The van der Waals surface area contributed by atoms with Crippen LogP contribution in [0.2, 0.25) is 0 Å². The highest BCUT2D eigenvalue weighted by Gasteiger charge is 2.35. The highest BCUT2D eigenvalue weighted by Crippen LogP contribution is 2.30. The summed E-state index contributed by atoms with van der Waals surface area (Å²) >= 11 is 4.88. The van der Waals surface area contributed by atoms with Gasteiger partial charge in [0.05, 0.1) is 25.1 Å². The minimum Gasteiger partial charge on any atom is -0.496 e. The van der Waals surface area contributed by atoms with Crippen molar-refractivity contribution in [1.29, 1.82) is 0 Å². The number of fused-ring (bicyclic) bond motifs is 1. The maximum absolute atomic E-state index is 12.8. The van der Waals surface area contributed by atoms with Gasteiger partial charge in [0.15, 0.2) is 5.17 Å². The van der Waals surface area contributed by atoms with Gasteiger partial charge in [0.1, 0.15) is 5.75 Å². The Bertz CT molecular complexity index is 1160. The molecule has 0 aromatic heterocycles.